The normalized spacial score (nSPS) is 17.2. The summed E-state index contributed by atoms with van der Waals surface area (Å²) >= 11 is 0. The first-order valence-electron chi connectivity index (χ1n) is 5.25. The van der Waals surface area contributed by atoms with E-state index in [1.807, 2.05) is 0 Å². The van der Waals surface area contributed by atoms with E-state index in [-0.39, 0.29) is 12.3 Å². The molecule has 0 unspecified atom stereocenters. The summed E-state index contributed by atoms with van der Waals surface area (Å²) in [6, 6.07) is 2.35. The third-order valence-electron chi connectivity index (χ3n) is 2.86. The molecule has 0 aliphatic heterocycles. The Balaban J connectivity index is 1.92. The van der Waals surface area contributed by atoms with E-state index in [9.17, 15) is 20.0 Å². The fourth-order valence-corrected chi connectivity index (χ4v) is 1.64. The number of hydrogen-bond acceptors (Lipinski definition) is 5. The van der Waals surface area contributed by atoms with E-state index in [0.29, 0.717) is 12.8 Å². The molecule has 7 heteroatoms. The standard InChI is InChI=1S/C10H12N2O5/c13-9(11-6-10(14)4-1-5-10)7-2-3-8(17-7)12(15)16/h2-3,14H,1,4-6H2,(H,11,13). The second-order valence-electron chi connectivity index (χ2n) is 4.16. The van der Waals surface area contributed by atoms with Gasteiger partial charge in [0.1, 0.15) is 4.92 Å². The Morgan fingerprint density at radius 3 is 2.76 bits per heavy atom. The molecule has 1 aromatic heterocycles. The van der Waals surface area contributed by atoms with Gasteiger partial charge in [0.05, 0.1) is 11.7 Å². The van der Waals surface area contributed by atoms with Crippen molar-refractivity contribution < 1.29 is 19.2 Å². The molecule has 0 aromatic carbocycles. The number of rotatable bonds is 4. The minimum absolute atomic E-state index is 0.125. The minimum atomic E-state index is -0.825. The van der Waals surface area contributed by atoms with Crippen molar-refractivity contribution in [3.8, 4) is 0 Å². The number of carbonyl (C=O) groups excluding carboxylic acids is 1. The number of carbonyl (C=O) groups is 1. The Labute approximate surface area is 96.6 Å². The molecule has 0 bridgehead atoms. The van der Waals surface area contributed by atoms with Gasteiger partial charge in [-0.15, -0.1) is 0 Å². The lowest BCUT2D eigenvalue weighted by atomic mass is 9.80. The maximum Gasteiger partial charge on any atom is 0.433 e. The molecule has 0 spiro atoms. The highest BCUT2D eigenvalue weighted by atomic mass is 16.6. The van der Waals surface area contributed by atoms with Crippen LogP contribution in [-0.4, -0.2) is 28.1 Å². The first-order valence-corrected chi connectivity index (χ1v) is 5.25. The van der Waals surface area contributed by atoms with Gasteiger partial charge in [0.25, 0.3) is 5.91 Å². The summed E-state index contributed by atoms with van der Waals surface area (Å²) in [6.07, 6.45) is 2.26. The predicted octanol–water partition coefficient (Wildman–Crippen LogP) is 0.833. The molecule has 17 heavy (non-hydrogen) atoms. The highest BCUT2D eigenvalue weighted by Crippen LogP contribution is 2.30. The van der Waals surface area contributed by atoms with Crippen LogP contribution in [-0.2, 0) is 0 Å². The number of aliphatic hydroxyl groups is 1. The second kappa shape index (κ2) is 4.17. The van der Waals surface area contributed by atoms with Gasteiger partial charge in [-0.2, -0.15) is 0 Å². The van der Waals surface area contributed by atoms with E-state index in [2.05, 4.69) is 5.32 Å². The fourth-order valence-electron chi connectivity index (χ4n) is 1.64. The van der Waals surface area contributed by atoms with Crippen LogP contribution in [0.25, 0.3) is 0 Å². The highest BCUT2D eigenvalue weighted by Gasteiger charge is 2.34. The van der Waals surface area contributed by atoms with E-state index in [0.717, 1.165) is 12.5 Å². The second-order valence-corrected chi connectivity index (χ2v) is 4.16. The summed E-state index contributed by atoms with van der Waals surface area (Å²) in [5.74, 6) is -1.16. The molecule has 1 fully saturated rings. The summed E-state index contributed by atoms with van der Waals surface area (Å²) in [4.78, 5) is 21.2. The maximum absolute atomic E-state index is 11.5. The maximum atomic E-state index is 11.5. The zero-order valence-corrected chi connectivity index (χ0v) is 9.01. The third kappa shape index (κ3) is 2.44. The molecule has 0 radical (unpaired) electrons. The van der Waals surface area contributed by atoms with Crippen molar-refractivity contribution in [1.29, 1.82) is 0 Å². The van der Waals surface area contributed by atoms with Gasteiger partial charge >= 0.3 is 5.88 Å². The molecular formula is C10H12N2O5. The number of nitro groups is 1. The van der Waals surface area contributed by atoms with E-state index in [1.165, 1.54) is 6.07 Å². The number of amides is 1. The Kier molecular flexibility index (Phi) is 2.84. The van der Waals surface area contributed by atoms with Crippen LogP contribution < -0.4 is 5.32 Å². The van der Waals surface area contributed by atoms with Gasteiger partial charge in [-0.3, -0.25) is 14.9 Å². The molecule has 2 rings (SSSR count). The number of nitrogens with zero attached hydrogens (tertiary/aromatic N) is 1. The third-order valence-corrected chi connectivity index (χ3v) is 2.86. The molecule has 1 saturated carbocycles. The van der Waals surface area contributed by atoms with Crippen molar-refractivity contribution in [3.05, 3.63) is 28.0 Å². The lowest BCUT2D eigenvalue weighted by molar-refractivity contribution is -0.402. The van der Waals surface area contributed by atoms with E-state index >= 15 is 0 Å². The van der Waals surface area contributed by atoms with E-state index in [4.69, 9.17) is 4.42 Å². The van der Waals surface area contributed by atoms with Crippen LogP contribution in [0.4, 0.5) is 5.88 Å². The van der Waals surface area contributed by atoms with Gasteiger partial charge in [-0.1, -0.05) is 0 Å². The van der Waals surface area contributed by atoms with E-state index < -0.39 is 22.3 Å². The summed E-state index contributed by atoms with van der Waals surface area (Å²) in [7, 11) is 0. The Morgan fingerprint density at radius 1 is 1.59 bits per heavy atom. The summed E-state index contributed by atoms with van der Waals surface area (Å²) < 4.78 is 4.73. The van der Waals surface area contributed by atoms with Crippen LogP contribution in [0.3, 0.4) is 0 Å². The van der Waals surface area contributed by atoms with Gasteiger partial charge in [0.15, 0.2) is 5.76 Å². The van der Waals surface area contributed by atoms with Crippen molar-refractivity contribution in [2.45, 2.75) is 24.9 Å². The molecule has 0 atom stereocenters. The molecule has 2 N–H and O–H groups in total. The van der Waals surface area contributed by atoms with Gasteiger partial charge in [-0.25, -0.2) is 0 Å². The molecular weight excluding hydrogens is 228 g/mol. The minimum Gasteiger partial charge on any atom is -0.395 e. The smallest absolute Gasteiger partial charge is 0.395 e. The average Bonchev–Trinajstić information content (AvgIpc) is 2.72. The molecule has 1 aliphatic rings. The fraction of sp³-hybridized carbons (Fsp3) is 0.500. The highest BCUT2D eigenvalue weighted by molar-refractivity contribution is 5.91. The quantitative estimate of drug-likeness (QED) is 0.599. The molecule has 7 nitrogen and oxygen atoms in total. The molecule has 0 saturated heterocycles. The van der Waals surface area contributed by atoms with E-state index in [1.54, 1.807) is 0 Å². The Bertz CT molecular complexity index is 449. The number of nitrogens with one attached hydrogen (secondary N) is 1. The van der Waals surface area contributed by atoms with Crippen molar-refractivity contribution in [3.63, 3.8) is 0 Å². The molecule has 1 aliphatic carbocycles. The Morgan fingerprint density at radius 2 is 2.29 bits per heavy atom. The monoisotopic (exact) mass is 240 g/mol. The summed E-state index contributed by atoms with van der Waals surface area (Å²) in [5.41, 5.74) is -0.825. The van der Waals surface area contributed by atoms with Gasteiger partial charge in [0, 0.05) is 6.54 Å². The van der Waals surface area contributed by atoms with Crippen molar-refractivity contribution >= 4 is 11.8 Å². The molecule has 1 amide bonds. The van der Waals surface area contributed by atoms with Crippen molar-refractivity contribution in [1.82, 2.24) is 5.32 Å². The van der Waals surface area contributed by atoms with Gasteiger partial charge < -0.3 is 14.8 Å². The van der Waals surface area contributed by atoms with Crippen LogP contribution in [0.1, 0.15) is 29.8 Å². The molecule has 1 heterocycles. The number of furan rings is 1. The Hall–Kier alpha value is -1.89. The van der Waals surface area contributed by atoms with Crippen molar-refractivity contribution in [2.24, 2.45) is 0 Å². The van der Waals surface area contributed by atoms with Crippen LogP contribution in [0, 0.1) is 10.1 Å². The van der Waals surface area contributed by atoms with Gasteiger partial charge in [-0.05, 0) is 25.3 Å². The average molecular weight is 240 g/mol. The molecule has 92 valence electrons. The SMILES string of the molecule is O=C(NCC1(O)CCC1)c1ccc([N+](=O)[O-])o1. The first-order chi connectivity index (χ1) is 8.00. The summed E-state index contributed by atoms with van der Waals surface area (Å²) in [5, 5.41) is 22.6. The largest absolute Gasteiger partial charge is 0.433 e. The zero-order chi connectivity index (χ0) is 12.5. The lowest BCUT2D eigenvalue weighted by Crippen LogP contribution is -2.47. The topological polar surface area (TPSA) is 106 Å². The summed E-state index contributed by atoms with van der Waals surface area (Å²) in [6.45, 7) is 0.139. The van der Waals surface area contributed by atoms with Crippen LogP contribution in [0.5, 0.6) is 0 Å². The van der Waals surface area contributed by atoms with Crippen LogP contribution in [0.2, 0.25) is 0 Å². The first kappa shape index (κ1) is 11.6. The van der Waals surface area contributed by atoms with Gasteiger partial charge in [0.2, 0.25) is 0 Å². The van der Waals surface area contributed by atoms with Crippen LogP contribution >= 0.6 is 0 Å². The predicted molar refractivity (Wildman–Crippen MR) is 56.5 cm³/mol. The zero-order valence-electron chi connectivity index (χ0n) is 9.01. The lowest BCUT2D eigenvalue weighted by Gasteiger charge is -2.36. The molecule has 1 aromatic rings. The van der Waals surface area contributed by atoms with Crippen molar-refractivity contribution in [2.75, 3.05) is 6.54 Å². The number of hydrogen-bond donors (Lipinski definition) is 2. The van der Waals surface area contributed by atoms with Crippen LogP contribution in [0.15, 0.2) is 16.5 Å².